The molecule has 1 unspecified atom stereocenters. The van der Waals surface area contributed by atoms with E-state index in [2.05, 4.69) is 15.3 Å². The normalized spacial score (nSPS) is 22.5. The van der Waals surface area contributed by atoms with E-state index in [0.29, 0.717) is 18.4 Å². The minimum absolute atomic E-state index is 0.497. The van der Waals surface area contributed by atoms with Crippen molar-refractivity contribution >= 4 is 5.82 Å². The van der Waals surface area contributed by atoms with Crippen LogP contribution < -0.4 is 10.1 Å². The summed E-state index contributed by atoms with van der Waals surface area (Å²) in [4.78, 5) is 9.16. The summed E-state index contributed by atoms with van der Waals surface area (Å²) < 4.78 is 11.3. The Hall–Kier alpha value is -1.36. The molecule has 19 heavy (non-hydrogen) atoms. The van der Waals surface area contributed by atoms with E-state index in [1.807, 2.05) is 14.0 Å². The summed E-state index contributed by atoms with van der Waals surface area (Å²) in [6.45, 7) is 4.35. The lowest BCUT2D eigenvalue weighted by Crippen LogP contribution is -2.14. The van der Waals surface area contributed by atoms with Crippen LogP contribution in [-0.2, 0) is 4.74 Å². The van der Waals surface area contributed by atoms with Gasteiger partial charge >= 0.3 is 0 Å². The molecular weight excluding hydrogens is 242 g/mol. The van der Waals surface area contributed by atoms with Crippen molar-refractivity contribution < 1.29 is 9.47 Å². The van der Waals surface area contributed by atoms with E-state index >= 15 is 0 Å². The number of hydrogen-bond donors (Lipinski definition) is 1. The minimum Gasteiger partial charge on any atom is -0.477 e. The molecule has 0 amide bonds. The first-order valence-corrected chi connectivity index (χ1v) is 7.04. The summed E-state index contributed by atoms with van der Waals surface area (Å²) in [6.07, 6.45) is 3.47. The lowest BCUT2D eigenvalue weighted by atomic mass is 10.1. The molecule has 0 radical (unpaired) electrons. The molecule has 1 atom stereocenters. The molecule has 1 saturated heterocycles. The van der Waals surface area contributed by atoms with Crippen molar-refractivity contribution in [2.45, 2.75) is 32.1 Å². The average molecular weight is 263 g/mol. The molecule has 1 aliphatic carbocycles. The van der Waals surface area contributed by atoms with E-state index < -0.39 is 0 Å². The first-order chi connectivity index (χ1) is 9.28. The summed E-state index contributed by atoms with van der Waals surface area (Å²) in [6, 6.07) is 0. The van der Waals surface area contributed by atoms with E-state index in [1.54, 1.807) is 0 Å². The first kappa shape index (κ1) is 12.7. The van der Waals surface area contributed by atoms with Crippen molar-refractivity contribution in [3.63, 3.8) is 0 Å². The summed E-state index contributed by atoms with van der Waals surface area (Å²) in [5, 5.41) is 3.13. The van der Waals surface area contributed by atoms with Crippen LogP contribution in [-0.4, -0.2) is 36.8 Å². The van der Waals surface area contributed by atoms with Crippen LogP contribution in [0.5, 0.6) is 5.88 Å². The van der Waals surface area contributed by atoms with Gasteiger partial charge in [-0.05, 0) is 26.2 Å². The highest BCUT2D eigenvalue weighted by molar-refractivity contribution is 5.48. The van der Waals surface area contributed by atoms with Gasteiger partial charge in [-0.2, -0.15) is 4.98 Å². The molecule has 1 N–H and O–H groups in total. The summed E-state index contributed by atoms with van der Waals surface area (Å²) in [7, 11) is 1.89. The molecule has 0 aromatic carbocycles. The van der Waals surface area contributed by atoms with Crippen LogP contribution >= 0.6 is 0 Å². The maximum atomic E-state index is 5.91. The zero-order chi connectivity index (χ0) is 13.2. The topological polar surface area (TPSA) is 56.3 Å². The molecule has 1 aliphatic heterocycles. The number of ether oxygens (including phenoxy) is 2. The minimum atomic E-state index is 0.497. The van der Waals surface area contributed by atoms with E-state index in [1.165, 1.54) is 12.8 Å². The maximum Gasteiger partial charge on any atom is 0.221 e. The third kappa shape index (κ3) is 2.81. The predicted octanol–water partition coefficient (Wildman–Crippen LogP) is 2.12. The van der Waals surface area contributed by atoms with E-state index in [4.69, 9.17) is 9.47 Å². The highest BCUT2D eigenvalue weighted by Gasteiger charge is 2.28. The van der Waals surface area contributed by atoms with Crippen LogP contribution in [0.2, 0.25) is 0 Å². The van der Waals surface area contributed by atoms with Crippen molar-refractivity contribution in [2.75, 3.05) is 32.2 Å². The van der Waals surface area contributed by atoms with Gasteiger partial charge < -0.3 is 14.8 Å². The Morgan fingerprint density at radius 3 is 2.79 bits per heavy atom. The Kier molecular flexibility index (Phi) is 3.55. The standard InChI is InChI=1S/C14H21N3O2/c1-9-12(15-2)16-13(11-3-4-11)17-14(9)19-8-10-5-6-18-7-10/h10-11H,3-8H2,1-2H3,(H,15,16,17). The molecule has 104 valence electrons. The number of hydrogen-bond acceptors (Lipinski definition) is 5. The van der Waals surface area contributed by atoms with E-state index in [0.717, 1.165) is 42.7 Å². The van der Waals surface area contributed by atoms with Gasteiger partial charge in [-0.15, -0.1) is 0 Å². The van der Waals surface area contributed by atoms with Gasteiger partial charge in [0.15, 0.2) is 0 Å². The van der Waals surface area contributed by atoms with Gasteiger partial charge in [0.1, 0.15) is 11.6 Å². The van der Waals surface area contributed by atoms with Crippen LogP contribution in [0.4, 0.5) is 5.82 Å². The third-order valence-electron chi connectivity index (χ3n) is 3.78. The third-order valence-corrected chi connectivity index (χ3v) is 3.78. The zero-order valence-electron chi connectivity index (χ0n) is 11.6. The zero-order valence-corrected chi connectivity index (χ0v) is 11.6. The van der Waals surface area contributed by atoms with E-state index in [9.17, 15) is 0 Å². The smallest absolute Gasteiger partial charge is 0.221 e. The largest absolute Gasteiger partial charge is 0.477 e. The Labute approximate surface area is 113 Å². The molecule has 2 aliphatic rings. The lowest BCUT2D eigenvalue weighted by Gasteiger charge is -2.14. The average Bonchev–Trinajstić information content (AvgIpc) is 3.14. The lowest BCUT2D eigenvalue weighted by molar-refractivity contribution is 0.165. The Morgan fingerprint density at radius 1 is 1.32 bits per heavy atom. The van der Waals surface area contributed by atoms with Gasteiger partial charge in [0, 0.05) is 25.5 Å². The highest BCUT2D eigenvalue weighted by Crippen LogP contribution is 2.39. The van der Waals surface area contributed by atoms with Crippen LogP contribution in [0.15, 0.2) is 0 Å². The van der Waals surface area contributed by atoms with Crippen molar-refractivity contribution in [1.82, 2.24) is 9.97 Å². The Morgan fingerprint density at radius 2 is 2.16 bits per heavy atom. The fourth-order valence-corrected chi connectivity index (χ4v) is 2.33. The molecule has 1 aromatic heterocycles. The number of anilines is 1. The second kappa shape index (κ2) is 5.33. The monoisotopic (exact) mass is 263 g/mol. The predicted molar refractivity (Wildman–Crippen MR) is 72.7 cm³/mol. The van der Waals surface area contributed by atoms with Gasteiger partial charge in [0.05, 0.1) is 18.8 Å². The van der Waals surface area contributed by atoms with Crippen LogP contribution in [0.25, 0.3) is 0 Å². The van der Waals surface area contributed by atoms with Gasteiger partial charge in [0.2, 0.25) is 5.88 Å². The molecule has 2 heterocycles. The summed E-state index contributed by atoms with van der Waals surface area (Å²) >= 11 is 0. The molecule has 2 fully saturated rings. The fraction of sp³-hybridized carbons (Fsp3) is 0.714. The molecule has 1 aromatic rings. The number of aromatic nitrogens is 2. The summed E-state index contributed by atoms with van der Waals surface area (Å²) in [5.74, 6) is 3.57. The van der Waals surface area contributed by atoms with Crippen molar-refractivity contribution in [3.05, 3.63) is 11.4 Å². The Balaban J connectivity index is 1.75. The molecule has 0 bridgehead atoms. The van der Waals surface area contributed by atoms with Crippen LogP contribution in [0.1, 0.15) is 36.6 Å². The van der Waals surface area contributed by atoms with Crippen molar-refractivity contribution in [1.29, 1.82) is 0 Å². The number of nitrogens with zero attached hydrogens (tertiary/aromatic N) is 2. The second-order valence-electron chi connectivity index (χ2n) is 5.43. The summed E-state index contributed by atoms with van der Waals surface area (Å²) in [5.41, 5.74) is 0.991. The van der Waals surface area contributed by atoms with Gasteiger partial charge in [-0.25, -0.2) is 4.98 Å². The SMILES string of the molecule is CNc1nc(C2CC2)nc(OCC2CCOC2)c1C. The number of rotatable bonds is 5. The molecule has 3 rings (SSSR count). The quantitative estimate of drug-likeness (QED) is 0.882. The molecule has 1 saturated carbocycles. The van der Waals surface area contributed by atoms with Crippen LogP contribution in [0, 0.1) is 12.8 Å². The first-order valence-electron chi connectivity index (χ1n) is 7.04. The molecule has 0 spiro atoms. The Bertz CT molecular complexity index is 454. The van der Waals surface area contributed by atoms with Crippen molar-refractivity contribution in [3.8, 4) is 5.88 Å². The van der Waals surface area contributed by atoms with Crippen molar-refractivity contribution in [2.24, 2.45) is 5.92 Å². The van der Waals surface area contributed by atoms with Gasteiger partial charge in [-0.3, -0.25) is 0 Å². The van der Waals surface area contributed by atoms with Gasteiger partial charge in [-0.1, -0.05) is 0 Å². The maximum absolute atomic E-state index is 5.91. The second-order valence-corrected chi connectivity index (χ2v) is 5.43. The van der Waals surface area contributed by atoms with Gasteiger partial charge in [0.25, 0.3) is 0 Å². The molecule has 5 heteroatoms. The van der Waals surface area contributed by atoms with Crippen LogP contribution in [0.3, 0.4) is 0 Å². The fourth-order valence-electron chi connectivity index (χ4n) is 2.33. The molecular formula is C14H21N3O2. The molecule has 5 nitrogen and oxygen atoms in total. The number of nitrogens with one attached hydrogen (secondary N) is 1. The van der Waals surface area contributed by atoms with E-state index in [-0.39, 0.29) is 0 Å². The highest BCUT2D eigenvalue weighted by atomic mass is 16.5.